The number of nitrogens with two attached hydrogens (primary N) is 1. The van der Waals surface area contributed by atoms with Gasteiger partial charge in [0.2, 0.25) is 5.95 Å². The Bertz CT molecular complexity index is 1660. The molecular weight excluding hydrogens is 558 g/mol. The van der Waals surface area contributed by atoms with Gasteiger partial charge in [0, 0.05) is 43.1 Å². The fourth-order valence-electron chi connectivity index (χ4n) is 7.13. The van der Waals surface area contributed by atoms with Gasteiger partial charge in [-0.3, -0.25) is 4.68 Å². The Morgan fingerprint density at radius 2 is 1.66 bits per heavy atom. The Kier molecular flexibility index (Phi) is 7.01. The van der Waals surface area contributed by atoms with Gasteiger partial charge in [-0.25, -0.2) is 14.8 Å². The number of aromatic nitrogens is 6. The van der Waals surface area contributed by atoms with Crippen LogP contribution in [0.25, 0.3) is 22.3 Å². The molecular formula is C32H39N9O3. The van der Waals surface area contributed by atoms with Gasteiger partial charge < -0.3 is 25.4 Å². The number of benzene rings is 1. The van der Waals surface area contributed by atoms with E-state index < -0.39 is 5.60 Å². The van der Waals surface area contributed by atoms with E-state index >= 15 is 0 Å². The van der Waals surface area contributed by atoms with Crippen molar-refractivity contribution >= 4 is 28.9 Å². The van der Waals surface area contributed by atoms with Crippen LogP contribution < -0.4 is 10.6 Å². The molecule has 3 saturated heterocycles. The molecule has 3 aliphatic rings. The SMILES string of the molecule is CC(C)(C)OC(=O)N1C2CCC1CC(c1cnc(N3CCC(n4nc(N)c5nnc(-c6ccccc6O)cc54)CC3)nc1)C2. The van der Waals surface area contributed by atoms with Crippen molar-refractivity contribution in [1.29, 1.82) is 0 Å². The number of ether oxygens (including phenoxy) is 1. The van der Waals surface area contributed by atoms with E-state index in [1.807, 2.05) is 60.9 Å². The normalized spacial score (nSPS) is 22.5. The van der Waals surface area contributed by atoms with E-state index in [2.05, 4.69) is 20.2 Å². The van der Waals surface area contributed by atoms with Crippen molar-refractivity contribution in [2.24, 2.45) is 0 Å². The highest BCUT2D eigenvalue weighted by molar-refractivity contribution is 5.87. The molecule has 12 nitrogen and oxygen atoms in total. The lowest BCUT2D eigenvalue weighted by atomic mass is 9.86. The number of para-hydroxylation sites is 1. The van der Waals surface area contributed by atoms with Crippen LogP contribution >= 0.6 is 0 Å². The number of amides is 1. The number of nitrogen functional groups attached to an aromatic ring is 1. The highest BCUT2D eigenvalue weighted by Gasteiger charge is 2.45. The second-order valence-corrected chi connectivity index (χ2v) is 13.3. The average molecular weight is 598 g/mol. The Hall–Kier alpha value is -4.48. The van der Waals surface area contributed by atoms with Crippen LogP contribution in [-0.2, 0) is 4.74 Å². The maximum Gasteiger partial charge on any atom is 0.410 e. The molecule has 0 spiro atoms. The van der Waals surface area contributed by atoms with Crippen molar-refractivity contribution in [3.8, 4) is 17.0 Å². The fraction of sp³-hybridized carbons (Fsp3) is 0.500. The Morgan fingerprint density at radius 1 is 0.977 bits per heavy atom. The third kappa shape index (κ3) is 5.26. The van der Waals surface area contributed by atoms with Crippen LogP contribution in [0.1, 0.15) is 76.8 Å². The third-order valence-corrected chi connectivity index (χ3v) is 9.22. The van der Waals surface area contributed by atoms with Gasteiger partial charge >= 0.3 is 6.09 Å². The Labute approximate surface area is 256 Å². The molecule has 2 atom stereocenters. The minimum absolute atomic E-state index is 0.136. The van der Waals surface area contributed by atoms with Gasteiger partial charge in [0.15, 0.2) is 11.3 Å². The van der Waals surface area contributed by atoms with E-state index in [4.69, 9.17) is 20.4 Å². The predicted molar refractivity (Wildman–Crippen MR) is 166 cm³/mol. The number of aromatic hydroxyl groups is 1. The van der Waals surface area contributed by atoms with Gasteiger partial charge in [-0.2, -0.15) is 5.10 Å². The summed E-state index contributed by atoms with van der Waals surface area (Å²) in [5.74, 6) is 1.58. The van der Waals surface area contributed by atoms with Gasteiger partial charge in [-0.05, 0) is 89.0 Å². The molecule has 0 radical (unpaired) electrons. The lowest BCUT2D eigenvalue weighted by molar-refractivity contribution is 0.00582. The number of piperidine rings is 2. The minimum Gasteiger partial charge on any atom is -0.507 e. The molecule has 6 heterocycles. The summed E-state index contributed by atoms with van der Waals surface area (Å²) in [6.07, 6.45) is 9.34. The first kappa shape index (κ1) is 28.3. The Morgan fingerprint density at radius 3 is 2.32 bits per heavy atom. The number of fused-ring (bicyclic) bond motifs is 3. The Balaban J connectivity index is 1.01. The fourth-order valence-corrected chi connectivity index (χ4v) is 7.13. The van der Waals surface area contributed by atoms with Gasteiger partial charge in [0.25, 0.3) is 0 Å². The highest BCUT2D eigenvalue weighted by atomic mass is 16.6. The molecule has 3 fully saturated rings. The zero-order valence-electron chi connectivity index (χ0n) is 25.4. The number of hydrogen-bond acceptors (Lipinski definition) is 10. The number of carbonyl (C=O) groups excluding carboxylic acids is 1. The van der Waals surface area contributed by atoms with Crippen molar-refractivity contribution < 1.29 is 14.6 Å². The first-order chi connectivity index (χ1) is 21.1. The van der Waals surface area contributed by atoms with Crippen molar-refractivity contribution in [3.63, 3.8) is 0 Å². The van der Waals surface area contributed by atoms with Crippen molar-refractivity contribution in [3.05, 3.63) is 48.3 Å². The van der Waals surface area contributed by atoms with Crippen LogP contribution in [0.3, 0.4) is 0 Å². The summed E-state index contributed by atoms with van der Waals surface area (Å²) >= 11 is 0. The van der Waals surface area contributed by atoms with E-state index in [0.29, 0.717) is 28.5 Å². The van der Waals surface area contributed by atoms with Crippen LogP contribution in [-0.4, -0.2) is 76.8 Å². The van der Waals surface area contributed by atoms with Crippen molar-refractivity contribution in [1.82, 2.24) is 34.8 Å². The molecule has 2 bridgehead atoms. The van der Waals surface area contributed by atoms with Crippen molar-refractivity contribution in [2.45, 2.75) is 88.9 Å². The molecule has 3 aliphatic heterocycles. The number of phenolic OH excluding ortho intramolecular Hbond substituents is 1. The first-order valence-corrected chi connectivity index (χ1v) is 15.5. The second kappa shape index (κ2) is 10.9. The van der Waals surface area contributed by atoms with Gasteiger partial charge in [0.05, 0.1) is 17.3 Å². The topological polar surface area (TPSA) is 148 Å². The lowest BCUT2D eigenvalue weighted by Gasteiger charge is -2.39. The van der Waals surface area contributed by atoms with Gasteiger partial charge in [-0.15, -0.1) is 10.2 Å². The average Bonchev–Trinajstić information content (AvgIpc) is 3.48. The van der Waals surface area contributed by atoms with Crippen LogP contribution in [0.4, 0.5) is 16.6 Å². The van der Waals surface area contributed by atoms with Crippen molar-refractivity contribution in [2.75, 3.05) is 23.7 Å². The van der Waals surface area contributed by atoms with E-state index in [1.54, 1.807) is 12.1 Å². The smallest absolute Gasteiger partial charge is 0.410 e. The van der Waals surface area contributed by atoms with Crippen LogP contribution in [0.2, 0.25) is 0 Å². The molecule has 2 unspecified atom stereocenters. The maximum absolute atomic E-state index is 12.8. The molecule has 3 N–H and O–H groups in total. The number of hydrogen-bond donors (Lipinski definition) is 2. The van der Waals surface area contributed by atoms with Crippen LogP contribution in [0.15, 0.2) is 42.7 Å². The van der Waals surface area contributed by atoms with Crippen LogP contribution in [0.5, 0.6) is 5.75 Å². The molecule has 7 rings (SSSR count). The summed E-state index contributed by atoms with van der Waals surface area (Å²) in [4.78, 5) is 26.6. The van der Waals surface area contributed by atoms with E-state index in [9.17, 15) is 9.90 Å². The van der Waals surface area contributed by atoms with Crippen LogP contribution in [0, 0.1) is 0 Å². The summed E-state index contributed by atoms with van der Waals surface area (Å²) in [5.41, 5.74) is 9.44. The van der Waals surface area contributed by atoms with E-state index in [-0.39, 0.29) is 30.0 Å². The summed E-state index contributed by atoms with van der Waals surface area (Å²) in [5, 5.41) is 23.6. The number of carbonyl (C=O) groups is 1. The summed E-state index contributed by atoms with van der Waals surface area (Å²) in [6.45, 7) is 7.32. The van der Waals surface area contributed by atoms with E-state index in [1.165, 1.54) is 0 Å². The molecule has 0 aliphatic carbocycles. The van der Waals surface area contributed by atoms with E-state index in [0.717, 1.165) is 68.6 Å². The maximum atomic E-state index is 12.8. The number of phenols is 1. The monoisotopic (exact) mass is 597 g/mol. The summed E-state index contributed by atoms with van der Waals surface area (Å²) in [7, 11) is 0. The minimum atomic E-state index is -0.490. The zero-order chi connectivity index (χ0) is 30.6. The molecule has 0 saturated carbocycles. The standard InChI is InChI=1S/C32H39N9O3/c1-32(2,3)44-31(43)40-22-8-9-23(40)15-19(14-22)20-17-34-30(35-18-20)39-12-10-21(11-13-39)41-26-16-25(24-6-4-5-7-27(24)42)36-37-28(26)29(33)38-41/h4-7,16-19,21-23,42H,8-15H2,1-3H3,(H2,33,38). The summed E-state index contributed by atoms with van der Waals surface area (Å²) < 4.78 is 7.66. The number of rotatable bonds is 4. The lowest BCUT2D eigenvalue weighted by Crippen LogP contribution is -2.48. The highest BCUT2D eigenvalue weighted by Crippen LogP contribution is 2.43. The zero-order valence-corrected chi connectivity index (χ0v) is 25.4. The number of anilines is 2. The van der Waals surface area contributed by atoms with Gasteiger partial charge in [0.1, 0.15) is 11.4 Å². The molecule has 4 aromatic rings. The molecule has 44 heavy (non-hydrogen) atoms. The first-order valence-electron chi connectivity index (χ1n) is 15.5. The summed E-state index contributed by atoms with van der Waals surface area (Å²) in [6, 6.07) is 9.54. The predicted octanol–water partition coefficient (Wildman–Crippen LogP) is 5.06. The molecule has 1 aromatic carbocycles. The molecule has 230 valence electrons. The number of nitrogens with zero attached hydrogens (tertiary/aromatic N) is 8. The second-order valence-electron chi connectivity index (χ2n) is 13.3. The quantitative estimate of drug-likeness (QED) is 0.327. The molecule has 1 amide bonds. The largest absolute Gasteiger partial charge is 0.507 e. The third-order valence-electron chi connectivity index (χ3n) is 9.22. The molecule has 3 aromatic heterocycles. The van der Waals surface area contributed by atoms with Gasteiger partial charge in [-0.1, -0.05) is 12.1 Å². The molecule has 12 heteroatoms.